The predicted octanol–water partition coefficient (Wildman–Crippen LogP) is 23.7. The summed E-state index contributed by atoms with van der Waals surface area (Å²) in [6.07, 6.45) is 101. The third-order valence-electron chi connectivity index (χ3n) is 14.0. The van der Waals surface area contributed by atoms with Crippen molar-refractivity contribution in [2.24, 2.45) is 0 Å². The largest absolute Gasteiger partial charge is 0.462 e. The van der Waals surface area contributed by atoms with E-state index in [4.69, 9.17) is 14.2 Å². The molecule has 0 fully saturated rings. The van der Waals surface area contributed by atoms with E-state index in [0.29, 0.717) is 19.3 Å². The van der Waals surface area contributed by atoms with Crippen LogP contribution in [0.3, 0.4) is 0 Å². The van der Waals surface area contributed by atoms with E-state index in [9.17, 15) is 14.4 Å². The highest BCUT2D eigenvalue weighted by Gasteiger charge is 2.19. The molecule has 0 aliphatic rings. The Hall–Kier alpha value is -4.97. The Labute approximate surface area is 511 Å². The SMILES string of the molecule is CC/C=C\C/C=C\C/C=C\C/C=C\C/C=C\C/C=C\C/C=C\CCCCCCCCCCCC(=O)OCC(COC(=O)CCCC/C=C\C/C=C\C/C=C\C/C=C\CC)OC(=O)CCCCCCCCCCC/C=C\C/C=C\CCCCC. The van der Waals surface area contributed by atoms with Gasteiger partial charge in [0, 0.05) is 19.3 Å². The molecule has 468 valence electrons. The summed E-state index contributed by atoms with van der Waals surface area (Å²) in [6, 6.07) is 0. The number of unbranched alkanes of at least 4 members (excludes halogenated alkanes) is 23. The molecule has 0 radical (unpaired) electrons. The molecule has 1 atom stereocenters. The number of rotatable bonds is 60. The molecule has 6 nitrogen and oxygen atoms in total. The van der Waals surface area contributed by atoms with Crippen LogP contribution in [0, 0.1) is 0 Å². The van der Waals surface area contributed by atoms with Crippen molar-refractivity contribution >= 4 is 17.9 Å². The van der Waals surface area contributed by atoms with Gasteiger partial charge in [0.25, 0.3) is 0 Å². The van der Waals surface area contributed by atoms with Crippen LogP contribution in [0.25, 0.3) is 0 Å². The van der Waals surface area contributed by atoms with Gasteiger partial charge in [-0.15, -0.1) is 0 Å². The number of hydrogen-bond donors (Lipinski definition) is 0. The normalized spacial score (nSPS) is 13.1. The lowest BCUT2D eigenvalue weighted by molar-refractivity contribution is -0.167. The van der Waals surface area contributed by atoms with E-state index in [0.717, 1.165) is 141 Å². The second-order valence-corrected chi connectivity index (χ2v) is 22.0. The second kappa shape index (κ2) is 69.5. The average Bonchev–Trinajstić information content (AvgIpc) is 3.49. The monoisotopic (exact) mass is 1140 g/mol. The third-order valence-corrected chi connectivity index (χ3v) is 14.0. The quantitative estimate of drug-likeness (QED) is 0.0261. The van der Waals surface area contributed by atoms with Crippen molar-refractivity contribution in [3.63, 3.8) is 0 Å². The summed E-state index contributed by atoms with van der Waals surface area (Å²) in [5.41, 5.74) is 0. The topological polar surface area (TPSA) is 78.9 Å². The maximum atomic E-state index is 12.9. The van der Waals surface area contributed by atoms with Crippen LogP contribution in [0.15, 0.2) is 158 Å². The van der Waals surface area contributed by atoms with Crippen molar-refractivity contribution in [1.29, 1.82) is 0 Å². The Bertz CT molecular complexity index is 1840. The summed E-state index contributed by atoms with van der Waals surface area (Å²) in [5.74, 6) is -0.953. The van der Waals surface area contributed by atoms with Gasteiger partial charge in [0.2, 0.25) is 0 Å². The zero-order chi connectivity index (χ0) is 59.9. The molecule has 0 aliphatic heterocycles. The van der Waals surface area contributed by atoms with Gasteiger partial charge in [-0.05, 0) is 148 Å². The summed E-state index contributed by atoms with van der Waals surface area (Å²) in [5, 5.41) is 0. The second-order valence-electron chi connectivity index (χ2n) is 22.0. The van der Waals surface area contributed by atoms with E-state index in [-0.39, 0.29) is 31.1 Å². The van der Waals surface area contributed by atoms with Gasteiger partial charge in [-0.25, -0.2) is 0 Å². The van der Waals surface area contributed by atoms with Gasteiger partial charge < -0.3 is 14.2 Å². The van der Waals surface area contributed by atoms with Crippen LogP contribution in [0.1, 0.15) is 290 Å². The molecule has 0 saturated carbocycles. The predicted molar refractivity (Wildman–Crippen MR) is 362 cm³/mol. The van der Waals surface area contributed by atoms with Crippen molar-refractivity contribution in [2.45, 2.75) is 297 Å². The molecular formula is C77H124O6. The Balaban J connectivity index is 4.38. The lowest BCUT2D eigenvalue weighted by atomic mass is 10.1. The molecule has 0 amide bonds. The van der Waals surface area contributed by atoms with Crippen LogP contribution in [-0.4, -0.2) is 37.2 Å². The Morgan fingerprint density at radius 1 is 0.253 bits per heavy atom. The fraction of sp³-hybridized carbons (Fsp3) is 0.623. The van der Waals surface area contributed by atoms with Crippen molar-refractivity contribution in [3.05, 3.63) is 158 Å². The van der Waals surface area contributed by atoms with Gasteiger partial charge in [0.05, 0.1) is 0 Å². The van der Waals surface area contributed by atoms with Gasteiger partial charge in [-0.3, -0.25) is 14.4 Å². The Morgan fingerprint density at radius 2 is 0.470 bits per heavy atom. The summed E-state index contributed by atoms with van der Waals surface area (Å²) in [7, 11) is 0. The van der Waals surface area contributed by atoms with Gasteiger partial charge in [0.1, 0.15) is 13.2 Å². The molecule has 1 unspecified atom stereocenters. The van der Waals surface area contributed by atoms with Crippen LogP contribution in [-0.2, 0) is 28.6 Å². The highest BCUT2D eigenvalue weighted by atomic mass is 16.6. The minimum absolute atomic E-state index is 0.101. The fourth-order valence-electron chi connectivity index (χ4n) is 8.97. The number of ether oxygens (including phenoxy) is 3. The van der Waals surface area contributed by atoms with E-state index >= 15 is 0 Å². The zero-order valence-corrected chi connectivity index (χ0v) is 53.7. The molecule has 0 aromatic heterocycles. The minimum atomic E-state index is -0.809. The number of carbonyl (C=O) groups is 3. The summed E-state index contributed by atoms with van der Waals surface area (Å²) >= 11 is 0. The first-order valence-corrected chi connectivity index (χ1v) is 34.0. The fourth-order valence-corrected chi connectivity index (χ4v) is 8.97. The molecule has 0 aromatic carbocycles. The summed E-state index contributed by atoms with van der Waals surface area (Å²) < 4.78 is 16.9. The molecule has 0 spiro atoms. The highest BCUT2D eigenvalue weighted by molar-refractivity contribution is 5.71. The first-order chi connectivity index (χ1) is 41.0. The number of carbonyl (C=O) groups excluding carboxylic acids is 3. The third kappa shape index (κ3) is 67.7. The van der Waals surface area contributed by atoms with E-state index in [1.807, 2.05) is 0 Å². The van der Waals surface area contributed by atoms with Crippen LogP contribution in [0.5, 0.6) is 0 Å². The number of allylic oxidation sites excluding steroid dienone is 26. The van der Waals surface area contributed by atoms with Gasteiger partial charge in [0.15, 0.2) is 6.10 Å². The summed E-state index contributed by atoms with van der Waals surface area (Å²) in [4.78, 5) is 38.4. The van der Waals surface area contributed by atoms with E-state index in [1.165, 1.54) is 109 Å². The van der Waals surface area contributed by atoms with Crippen LogP contribution >= 0.6 is 0 Å². The molecule has 83 heavy (non-hydrogen) atoms. The lowest BCUT2D eigenvalue weighted by Gasteiger charge is -2.18. The van der Waals surface area contributed by atoms with Crippen molar-refractivity contribution in [3.8, 4) is 0 Å². The number of esters is 3. The Morgan fingerprint density at radius 3 is 0.759 bits per heavy atom. The van der Waals surface area contributed by atoms with Crippen LogP contribution in [0.4, 0.5) is 0 Å². The molecule has 0 aliphatic carbocycles. The molecule has 0 saturated heterocycles. The average molecular weight is 1150 g/mol. The molecule has 6 heteroatoms. The molecule has 0 bridgehead atoms. The van der Waals surface area contributed by atoms with Gasteiger partial charge in [-0.1, -0.05) is 281 Å². The maximum absolute atomic E-state index is 12.9. The van der Waals surface area contributed by atoms with E-state index in [2.05, 4.69) is 179 Å². The van der Waals surface area contributed by atoms with E-state index in [1.54, 1.807) is 0 Å². The first-order valence-electron chi connectivity index (χ1n) is 34.0. The molecule has 0 heterocycles. The molecule has 0 aromatic rings. The maximum Gasteiger partial charge on any atom is 0.306 e. The summed E-state index contributed by atoms with van der Waals surface area (Å²) in [6.45, 7) is 6.35. The zero-order valence-electron chi connectivity index (χ0n) is 53.7. The van der Waals surface area contributed by atoms with Crippen LogP contribution < -0.4 is 0 Å². The van der Waals surface area contributed by atoms with Gasteiger partial charge in [-0.2, -0.15) is 0 Å². The molecule has 0 N–H and O–H groups in total. The Kier molecular flexibility index (Phi) is 65.4. The smallest absolute Gasteiger partial charge is 0.306 e. The van der Waals surface area contributed by atoms with Crippen molar-refractivity contribution in [1.82, 2.24) is 0 Å². The molecule has 0 rings (SSSR count). The molecular weight excluding hydrogens is 1020 g/mol. The lowest BCUT2D eigenvalue weighted by Crippen LogP contribution is -2.30. The van der Waals surface area contributed by atoms with Crippen molar-refractivity contribution in [2.75, 3.05) is 13.2 Å². The number of hydrogen-bond acceptors (Lipinski definition) is 6. The minimum Gasteiger partial charge on any atom is -0.462 e. The van der Waals surface area contributed by atoms with Crippen molar-refractivity contribution < 1.29 is 28.6 Å². The van der Waals surface area contributed by atoms with E-state index < -0.39 is 6.10 Å². The van der Waals surface area contributed by atoms with Crippen LogP contribution in [0.2, 0.25) is 0 Å². The first kappa shape index (κ1) is 78.0. The standard InChI is InChI=1S/C77H124O6/c1-4-7-10-13-16-19-22-25-28-30-32-33-34-35-36-37-38-39-40-41-42-43-45-46-49-52-55-58-61-64-67-70-76(79)82-73-74(72-81-75(78)69-66-63-60-57-54-51-48-27-24-21-18-15-12-9-6-3)83-77(80)71-68-65-62-59-56-53-50-47-44-31-29-26-23-20-17-14-11-8-5-2/h7,9-10,12,16-21,25-29,32-33,35-36,38-39,41-42,48,54,57,74H,4-6,8,11,13-15,22-24,30-31,34,37,40,43-47,49-53,55-56,58-73H2,1-3H3/b10-7-,12-9-,19-16-,20-17-,21-18-,28-25-,29-26-,33-32-,36-35-,39-38-,42-41-,48-27-,57-54-. The van der Waals surface area contributed by atoms with Gasteiger partial charge >= 0.3 is 17.9 Å². The highest BCUT2D eigenvalue weighted by Crippen LogP contribution is 2.15.